The molecule has 0 aliphatic carbocycles. The Hall–Kier alpha value is -1.78. The summed E-state index contributed by atoms with van der Waals surface area (Å²) in [5.74, 6) is 0.0325. The van der Waals surface area contributed by atoms with E-state index in [0.29, 0.717) is 26.3 Å². The van der Waals surface area contributed by atoms with E-state index in [9.17, 15) is 4.79 Å². The van der Waals surface area contributed by atoms with E-state index >= 15 is 0 Å². The number of furan rings is 1. The predicted molar refractivity (Wildman–Crippen MR) is 83.2 cm³/mol. The van der Waals surface area contributed by atoms with Crippen molar-refractivity contribution in [2.45, 2.75) is 0 Å². The third kappa shape index (κ3) is 2.32. The highest BCUT2D eigenvalue weighted by molar-refractivity contribution is 9.10. The van der Waals surface area contributed by atoms with E-state index in [-0.39, 0.29) is 11.5 Å². The summed E-state index contributed by atoms with van der Waals surface area (Å²) in [7, 11) is 0. The minimum absolute atomic E-state index is 0.225. The van der Waals surface area contributed by atoms with Crippen LogP contribution in [0.25, 0.3) is 11.0 Å². The smallest absolute Gasteiger partial charge is 0.229 e. The number of ketones is 1. The summed E-state index contributed by atoms with van der Waals surface area (Å²) in [6, 6.07) is 12.0. The first-order valence-corrected chi connectivity index (χ1v) is 7.00. The van der Waals surface area contributed by atoms with Crippen LogP contribution in [0, 0.1) is 0 Å². The van der Waals surface area contributed by atoms with E-state index in [1.165, 1.54) is 0 Å². The van der Waals surface area contributed by atoms with E-state index < -0.39 is 0 Å². The Kier molecular flexibility index (Phi) is 3.28. The molecule has 0 spiro atoms. The fourth-order valence-corrected chi connectivity index (χ4v) is 2.58. The molecule has 2 N–H and O–H groups in total. The van der Waals surface area contributed by atoms with Crippen LogP contribution in [0.2, 0.25) is 5.02 Å². The lowest BCUT2D eigenvalue weighted by molar-refractivity contribution is 0.101. The Morgan fingerprint density at radius 3 is 2.75 bits per heavy atom. The zero-order valence-electron chi connectivity index (χ0n) is 10.2. The van der Waals surface area contributed by atoms with Gasteiger partial charge in [0.05, 0.1) is 0 Å². The van der Waals surface area contributed by atoms with Crippen molar-refractivity contribution in [3.8, 4) is 0 Å². The number of carbonyl (C=O) groups is 1. The highest BCUT2D eigenvalue weighted by atomic mass is 79.9. The molecule has 100 valence electrons. The summed E-state index contributed by atoms with van der Waals surface area (Å²) in [5, 5.41) is 1.39. The summed E-state index contributed by atoms with van der Waals surface area (Å²) in [5.41, 5.74) is 7.33. The molecular formula is C15H9BrClNO2. The van der Waals surface area contributed by atoms with Gasteiger partial charge in [-0.1, -0.05) is 27.5 Å². The number of rotatable bonds is 2. The van der Waals surface area contributed by atoms with Crippen LogP contribution in [0.15, 0.2) is 51.4 Å². The molecule has 3 rings (SSSR count). The molecule has 0 fully saturated rings. The highest BCUT2D eigenvalue weighted by Crippen LogP contribution is 2.27. The second-order valence-electron chi connectivity index (χ2n) is 4.36. The lowest BCUT2D eigenvalue weighted by atomic mass is 10.1. The van der Waals surface area contributed by atoms with Gasteiger partial charge in [-0.05, 0) is 42.5 Å². The zero-order valence-corrected chi connectivity index (χ0v) is 12.5. The molecule has 1 aromatic heterocycles. The van der Waals surface area contributed by atoms with Crippen LogP contribution in [0.5, 0.6) is 0 Å². The maximum atomic E-state index is 12.5. The first-order valence-electron chi connectivity index (χ1n) is 5.83. The molecule has 1 heterocycles. The Morgan fingerprint density at radius 1 is 1.15 bits per heavy atom. The van der Waals surface area contributed by atoms with Crippen molar-refractivity contribution in [3.05, 3.63) is 63.3 Å². The SMILES string of the molecule is Nc1ccc(Br)c(C(=O)c2cc3cc(Cl)ccc3o2)c1. The minimum Gasteiger partial charge on any atom is -0.453 e. The van der Waals surface area contributed by atoms with Crippen molar-refractivity contribution in [1.29, 1.82) is 0 Å². The number of nitrogens with two attached hydrogens (primary N) is 1. The van der Waals surface area contributed by atoms with E-state index in [1.54, 1.807) is 42.5 Å². The molecule has 0 unspecified atom stereocenters. The fourth-order valence-electron chi connectivity index (χ4n) is 1.98. The van der Waals surface area contributed by atoms with Gasteiger partial charge in [-0.3, -0.25) is 4.79 Å². The second-order valence-corrected chi connectivity index (χ2v) is 5.65. The number of halogens is 2. The van der Waals surface area contributed by atoms with E-state index in [4.69, 9.17) is 21.8 Å². The van der Waals surface area contributed by atoms with Gasteiger partial charge in [0.15, 0.2) is 5.76 Å². The molecule has 20 heavy (non-hydrogen) atoms. The number of nitrogen functional groups attached to an aromatic ring is 1. The molecule has 3 aromatic rings. The molecule has 0 saturated heterocycles. The van der Waals surface area contributed by atoms with Gasteiger partial charge in [-0.2, -0.15) is 0 Å². The molecule has 0 amide bonds. The van der Waals surface area contributed by atoms with Crippen LogP contribution in [-0.4, -0.2) is 5.78 Å². The first kappa shape index (κ1) is 13.2. The van der Waals surface area contributed by atoms with Gasteiger partial charge >= 0.3 is 0 Å². The molecule has 0 bridgehead atoms. The third-order valence-electron chi connectivity index (χ3n) is 2.94. The van der Waals surface area contributed by atoms with Crippen molar-refractivity contribution in [2.75, 3.05) is 5.73 Å². The van der Waals surface area contributed by atoms with Crippen LogP contribution < -0.4 is 5.73 Å². The maximum Gasteiger partial charge on any atom is 0.229 e. The van der Waals surface area contributed by atoms with Crippen LogP contribution in [-0.2, 0) is 0 Å². The van der Waals surface area contributed by atoms with E-state index in [0.717, 1.165) is 5.39 Å². The second kappa shape index (κ2) is 4.96. The van der Waals surface area contributed by atoms with E-state index in [2.05, 4.69) is 15.9 Å². The van der Waals surface area contributed by atoms with Crippen molar-refractivity contribution in [3.63, 3.8) is 0 Å². The summed E-state index contributed by atoms with van der Waals surface area (Å²) < 4.78 is 6.24. The summed E-state index contributed by atoms with van der Waals surface area (Å²) in [4.78, 5) is 12.5. The number of carbonyl (C=O) groups excluding carboxylic acids is 1. The first-order chi connectivity index (χ1) is 9.54. The molecule has 0 radical (unpaired) electrons. The predicted octanol–water partition coefficient (Wildman–Crippen LogP) is 4.66. The van der Waals surface area contributed by atoms with Gasteiger partial charge in [0.2, 0.25) is 5.78 Å². The number of fused-ring (bicyclic) bond motifs is 1. The minimum atomic E-state index is -0.225. The molecule has 0 saturated carbocycles. The van der Waals surface area contributed by atoms with Gasteiger partial charge < -0.3 is 10.2 Å². The number of anilines is 1. The van der Waals surface area contributed by atoms with Crippen molar-refractivity contribution < 1.29 is 9.21 Å². The zero-order chi connectivity index (χ0) is 14.3. The topological polar surface area (TPSA) is 56.2 Å². The van der Waals surface area contributed by atoms with Crippen molar-refractivity contribution in [1.82, 2.24) is 0 Å². The van der Waals surface area contributed by atoms with Gasteiger partial charge in [0, 0.05) is 26.1 Å². The number of hydrogen-bond acceptors (Lipinski definition) is 3. The van der Waals surface area contributed by atoms with Gasteiger partial charge in [-0.25, -0.2) is 0 Å². The van der Waals surface area contributed by atoms with Crippen LogP contribution >= 0.6 is 27.5 Å². The number of hydrogen-bond donors (Lipinski definition) is 1. The molecule has 3 nitrogen and oxygen atoms in total. The van der Waals surface area contributed by atoms with Gasteiger partial charge in [0.25, 0.3) is 0 Å². The normalized spacial score (nSPS) is 10.9. The standard InChI is InChI=1S/C15H9BrClNO2/c16-12-3-2-10(18)7-11(12)15(19)14-6-8-5-9(17)1-4-13(8)20-14/h1-7H,18H2. The Labute approximate surface area is 128 Å². The quantitative estimate of drug-likeness (QED) is 0.540. The average molecular weight is 351 g/mol. The fraction of sp³-hybridized carbons (Fsp3) is 0. The Morgan fingerprint density at radius 2 is 1.95 bits per heavy atom. The van der Waals surface area contributed by atoms with Gasteiger partial charge in [0.1, 0.15) is 5.58 Å². The largest absolute Gasteiger partial charge is 0.453 e. The lowest BCUT2D eigenvalue weighted by Crippen LogP contribution is -2.01. The molecule has 2 aromatic carbocycles. The Balaban J connectivity index is 2.10. The summed E-state index contributed by atoms with van der Waals surface area (Å²) >= 11 is 9.26. The molecule has 0 atom stereocenters. The summed E-state index contributed by atoms with van der Waals surface area (Å²) in [6.45, 7) is 0. The monoisotopic (exact) mass is 349 g/mol. The highest BCUT2D eigenvalue weighted by Gasteiger charge is 2.17. The average Bonchev–Trinajstić information content (AvgIpc) is 2.83. The van der Waals surface area contributed by atoms with E-state index in [1.807, 2.05) is 0 Å². The number of benzene rings is 2. The summed E-state index contributed by atoms with van der Waals surface area (Å²) in [6.07, 6.45) is 0. The molecular weight excluding hydrogens is 342 g/mol. The van der Waals surface area contributed by atoms with Crippen molar-refractivity contribution in [2.24, 2.45) is 0 Å². The molecule has 0 aliphatic heterocycles. The van der Waals surface area contributed by atoms with Crippen LogP contribution in [0.4, 0.5) is 5.69 Å². The molecule has 0 aliphatic rings. The van der Waals surface area contributed by atoms with Crippen LogP contribution in [0.1, 0.15) is 16.1 Å². The maximum absolute atomic E-state index is 12.5. The third-order valence-corrected chi connectivity index (χ3v) is 3.86. The van der Waals surface area contributed by atoms with Gasteiger partial charge in [-0.15, -0.1) is 0 Å². The van der Waals surface area contributed by atoms with Crippen molar-refractivity contribution >= 4 is 50.0 Å². The lowest BCUT2D eigenvalue weighted by Gasteiger charge is -2.02. The molecule has 5 heteroatoms. The Bertz CT molecular complexity index is 826. The van der Waals surface area contributed by atoms with Crippen LogP contribution in [0.3, 0.4) is 0 Å².